The summed E-state index contributed by atoms with van der Waals surface area (Å²) in [5, 5.41) is 2.49. The molecule has 0 atom stereocenters. The Labute approximate surface area is 312 Å². The minimum atomic E-state index is -0.250. The van der Waals surface area contributed by atoms with Crippen LogP contribution in [-0.4, -0.2) is 0 Å². The maximum absolute atomic E-state index is 2.48. The average Bonchev–Trinajstić information content (AvgIpc) is 3.43. The molecule has 1 heteroatoms. The van der Waals surface area contributed by atoms with Gasteiger partial charge in [0.25, 0.3) is 0 Å². The highest BCUT2D eigenvalue weighted by Crippen LogP contribution is 2.54. The van der Waals surface area contributed by atoms with E-state index in [1.165, 1.54) is 94.6 Å². The number of nitrogens with zero attached hydrogens (tertiary/aromatic N) is 1. The van der Waals surface area contributed by atoms with Crippen LogP contribution in [0.4, 0.5) is 17.1 Å². The molecule has 0 saturated carbocycles. The molecule has 0 saturated heterocycles. The van der Waals surface area contributed by atoms with Crippen molar-refractivity contribution in [3.63, 3.8) is 0 Å². The second-order valence-corrected chi connectivity index (χ2v) is 15.8. The van der Waals surface area contributed by atoms with Crippen molar-refractivity contribution in [2.75, 3.05) is 4.90 Å². The van der Waals surface area contributed by atoms with Crippen molar-refractivity contribution < 1.29 is 0 Å². The van der Waals surface area contributed by atoms with Crippen LogP contribution in [0.3, 0.4) is 0 Å². The fourth-order valence-corrected chi connectivity index (χ4v) is 9.06. The Morgan fingerprint density at radius 3 is 1.49 bits per heavy atom. The summed E-state index contributed by atoms with van der Waals surface area (Å²) >= 11 is 0. The molecule has 0 fully saturated rings. The summed E-state index contributed by atoms with van der Waals surface area (Å²) < 4.78 is 0. The van der Waals surface area contributed by atoms with Crippen LogP contribution in [0.25, 0.3) is 55.3 Å². The Morgan fingerprint density at radius 1 is 0.321 bits per heavy atom. The quantitative estimate of drug-likeness (QED) is 0.179. The van der Waals surface area contributed by atoms with E-state index in [0.29, 0.717) is 0 Å². The van der Waals surface area contributed by atoms with Crippen molar-refractivity contribution in [1.82, 2.24) is 0 Å². The lowest BCUT2D eigenvalue weighted by Crippen LogP contribution is -2.30. The first kappa shape index (κ1) is 31.5. The zero-order valence-electron chi connectivity index (χ0n) is 30.7. The van der Waals surface area contributed by atoms with E-state index in [1.807, 2.05) is 0 Å². The lowest BCUT2D eigenvalue weighted by Gasteiger charge is -2.42. The SMILES string of the molecule is CC1(C)c2ccccc2-c2ccc(-c3ccc4c(c3)C(C)(C)c3cc(-c5ccc(-c6ccccc6)cc5)ccc3N4c3ccc4ccccc4c3)cc21. The molecule has 8 aromatic carbocycles. The van der Waals surface area contributed by atoms with E-state index in [-0.39, 0.29) is 10.8 Å². The molecule has 0 radical (unpaired) electrons. The summed E-state index contributed by atoms with van der Waals surface area (Å²) in [6.07, 6.45) is 0. The molecule has 1 heterocycles. The predicted octanol–water partition coefficient (Wildman–Crippen LogP) is 14.3. The van der Waals surface area contributed by atoms with Gasteiger partial charge in [-0.15, -0.1) is 0 Å². The third-order valence-electron chi connectivity index (χ3n) is 12.1. The first-order valence-electron chi connectivity index (χ1n) is 18.8. The summed E-state index contributed by atoms with van der Waals surface area (Å²) in [4.78, 5) is 2.48. The van der Waals surface area contributed by atoms with Gasteiger partial charge in [0, 0.05) is 16.5 Å². The number of anilines is 3. The second kappa shape index (κ2) is 11.7. The Hall–Kier alpha value is -6.18. The molecule has 1 nitrogen and oxygen atoms in total. The summed E-state index contributed by atoms with van der Waals surface area (Å²) in [6, 6.07) is 65.4. The molecule has 254 valence electrons. The van der Waals surface area contributed by atoms with Gasteiger partial charge < -0.3 is 4.90 Å². The summed E-state index contributed by atoms with van der Waals surface area (Å²) in [6.45, 7) is 9.53. The van der Waals surface area contributed by atoms with Gasteiger partial charge in [-0.05, 0) is 120 Å². The summed E-state index contributed by atoms with van der Waals surface area (Å²) in [7, 11) is 0. The van der Waals surface area contributed by atoms with Gasteiger partial charge in [-0.25, -0.2) is 0 Å². The standard InChI is InChI=1S/C52H41N/c1-51(2)45-17-11-10-16-43(45)44-27-23-40(31-46(44)51)41-25-29-50-48(33-41)52(3,4)47-32-39(37-20-18-36(19-21-37)34-12-6-5-7-13-34)24-28-49(47)53(50)42-26-22-35-14-8-9-15-38(35)30-42/h5-33H,1-4H3. The zero-order chi connectivity index (χ0) is 35.9. The van der Waals surface area contributed by atoms with Crippen LogP contribution in [0.15, 0.2) is 176 Å². The van der Waals surface area contributed by atoms with Gasteiger partial charge >= 0.3 is 0 Å². The van der Waals surface area contributed by atoms with Crippen LogP contribution in [-0.2, 0) is 10.8 Å². The smallest absolute Gasteiger partial charge is 0.0503 e. The fourth-order valence-electron chi connectivity index (χ4n) is 9.06. The monoisotopic (exact) mass is 679 g/mol. The fraction of sp³-hybridized carbons (Fsp3) is 0.115. The van der Waals surface area contributed by atoms with Gasteiger partial charge in [-0.1, -0.05) is 161 Å². The highest BCUT2D eigenvalue weighted by molar-refractivity contribution is 5.94. The molecule has 8 aromatic rings. The third kappa shape index (κ3) is 4.91. The maximum Gasteiger partial charge on any atom is 0.0503 e. The molecule has 2 aliphatic rings. The molecule has 0 spiro atoms. The number of hydrogen-bond donors (Lipinski definition) is 0. The summed E-state index contributed by atoms with van der Waals surface area (Å²) in [5.41, 5.74) is 19.0. The molecule has 0 amide bonds. The summed E-state index contributed by atoms with van der Waals surface area (Å²) in [5.74, 6) is 0. The first-order valence-corrected chi connectivity index (χ1v) is 18.8. The number of rotatable bonds is 4. The van der Waals surface area contributed by atoms with Crippen molar-refractivity contribution >= 4 is 27.8 Å². The van der Waals surface area contributed by atoms with Gasteiger partial charge in [0.2, 0.25) is 0 Å². The molecule has 53 heavy (non-hydrogen) atoms. The van der Waals surface area contributed by atoms with Crippen LogP contribution in [0, 0.1) is 0 Å². The van der Waals surface area contributed by atoms with E-state index >= 15 is 0 Å². The van der Waals surface area contributed by atoms with Crippen LogP contribution < -0.4 is 4.90 Å². The van der Waals surface area contributed by atoms with Gasteiger partial charge in [-0.3, -0.25) is 0 Å². The minimum absolute atomic E-state index is 0.0447. The van der Waals surface area contributed by atoms with Crippen LogP contribution in [0.1, 0.15) is 49.9 Å². The Bertz CT molecular complexity index is 2710. The number of fused-ring (bicyclic) bond motifs is 6. The lowest BCUT2D eigenvalue weighted by atomic mass is 9.72. The van der Waals surface area contributed by atoms with Crippen molar-refractivity contribution in [3.05, 3.63) is 198 Å². The molecule has 1 aliphatic heterocycles. The van der Waals surface area contributed by atoms with E-state index in [4.69, 9.17) is 0 Å². The second-order valence-electron chi connectivity index (χ2n) is 15.8. The van der Waals surface area contributed by atoms with Gasteiger partial charge in [-0.2, -0.15) is 0 Å². The van der Waals surface area contributed by atoms with Crippen LogP contribution in [0.5, 0.6) is 0 Å². The Balaban J connectivity index is 1.12. The van der Waals surface area contributed by atoms with E-state index < -0.39 is 0 Å². The molecule has 0 aromatic heterocycles. The topological polar surface area (TPSA) is 3.24 Å². The molecular weight excluding hydrogens is 639 g/mol. The largest absolute Gasteiger partial charge is 0.310 e. The highest BCUT2D eigenvalue weighted by Gasteiger charge is 2.38. The highest BCUT2D eigenvalue weighted by atomic mass is 15.2. The predicted molar refractivity (Wildman–Crippen MR) is 225 cm³/mol. The van der Waals surface area contributed by atoms with Crippen molar-refractivity contribution in [2.24, 2.45) is 0 Å². The van der Waals surface area contributed by atoms with Crippen molar-refractivity contribution in [1.29, 1.82) is 0 Å². The van der Waals surface area contributed by atoms with Gasteiger partial charge in [0.15, 0.2) is 0 Å². The molecular formula is C52H41N. The minimum Gasteiger partial charge on any atom is -0.310 e. The maximum atomic E-state index is 2.48. The zero-order valence-corrected chi connectivity index (χ0v) is 30.7. The lowest BCUT2D eigenvalue weighted by molar-refractivity contribution is 0.632. The average molecular weight is 680 g/mol. The molecule has 1 aliphatic carbocycles. The normalized spacial score (nSPS) is 14.7. The number of hydrogen-bond acceptors (Lipinski definition) is 1. The van der Waals surface area contributed by atoms with E-state index in [1.54, 1.807) is 0 Å². The molecule has 0 bridgehead atoms. The van der Waals surface area contributed by atoms with Crippen LogP contribution in [0.2, 0.25) is 0 Å². The van der Waals surface area contributed by atoms with Crippen molar-refractivity contribution in [3.8, 4) is 44.5 Å². The van der Waals surface area contributed by atoms with E-state index in [0.717, 1.165) is 0 Å². The first-order chi connectivity index (χ1) is 25.8. The van der Waals surface area contributed by atoms with Crippen molar-refractivity contribution in [2.45, 2.75) is 38.5 Å². The number of benzene rings is 8. The molecule has 0 unspecified atom stereocenters. The van der Waals surface area contributed by atoms with Gasteiger partial charge in [0.1, 0.15) is 0 Å². The Morgan fingerprint density at radius 2 is 0.792 bits per heavy atom. The molecule has 10 rings (SSSR count). The van der Waals surface area contributed by atoms with E-state index in [9.17, 15) is 0 Å². The van der Waals surface area contributed by atoms with Crippen LogP contribution >= 0.6 is 0 Å². The third-order valence-corrected chi connectivity index (χ3v) is 12.1. The van der Waals surface area contributed by atoms with E-state index in [2.05, 4.69) is 209 Å². The Kier molecular flexibility index (Phi) is 6.94. The van der Waals surface area contributed by atoms with Gasteiger partial charge in [0.05, 0.1) is 11.4 Å². The molecule has 0 N–H and O–H groups in total.